The minimum Gasteiger partial charge on any atom is -0.497 e. The Kier molecular flexibility index (Phi) is 5.53. The zero-order valence-corrected chi connectivity index (χ0v) is 18.6. The van der Waals surface area contributed by atoms with Crippen molar-refractivity contribution >= 4 is 27.9 Å². The molecule has 0 spiro atoms. The fraction of sp³-hybridized carbons (Fsp3) is 0.292. The minimum atomic E-state index is 0.865. The molecule has 0 radical (unpaired) electrons. The highest BCUT2D eigenvalue weighted by Crippen LogP contribution is 2.28. The smallest absolute Gasteiger partial charge is 0.159 e. The van der Waals surface area contributed by atoms with E-state index in [2.05, 4.69) is 61.8 Å². The third-order valence-electron chi connectivity index (χ3n) is 5.80. The van der Waals surface area contributed by atoms with Gasteiger partial charge in [-0.15, -0.1) is 16.4 Å². The van der Waals surface area contributed by atoms with Crippen LogP contribution in [-0.4, -0.2) is 53.4 Å². The van der Waals surface area contributed by atoms with Gasteiger partial charge < -0.3 is 9.64 Å². The van der Waals surface area contributed by atoms with Gasteiger partial charge in [0.2, 0.25) is 0 Å². The van der Waals surface area contributed by atoms with Crippen LogP contribution in [0.25, 0.3) is 21.3 Å². The van der Waals surface area contributed by atoms with E-state index in [4.69, 9.17) is 9.72 Å². The molecule has 0 saturated carbocycles. The number of aryl methyl sites for hydroxylation is 1. The van der Waals surface area contributed by atoms with Gasteiger partial charge in [-0.3, -0.25) is 4.90 Å². The Morgan fingerprint density at radius 3 is 2.42 bits per heavy atom. The largest absolute Gasteiger partial charge is 0.497 e. The molecular formula is C24H25N5OS. The normalized spacial score (nSPS) is 14.8. The lowest BCUT2D eigenvalue weighted by Crippen LogP contribution is -2.46. The summed E-state index contributed by atoms with van der Waals surface area (Å²) in [6.07, 6.45) is 0. The summed E-state index contributed by atoms with van der Waals surface area (Å²) in [6.45, 7) is 6.75. The maximum Gasteiger partial charge on any atom is 0.159 e. The van der Waals surface area contributed by atoms with E-state index in [1.807, 2.05) is 19.1 Å². The summed E-state index contributed by atoms with van der Waals surface area (Å²) in [5, 5.41) is 14.5. The summed E-state index contributed by atoms with van der Waals surface area (Å²) in [5.41, 5.74) is 3.24. The molecule has 1 saturated heterocycles. The third-order valence-corrected chi connectivity index (χ3v) is 6.74. The van der Waals surface area contributed by atoms with E-state index in [-0.39, 0.29) is 0 Å². The van der Waals surface area contributed by atoms with E-state index in [0.29, 0.717) is 0 Å². The fourth-order valence-electron chi connectivity index (χ4n) is 4.05. The van der Waals surface area contributed by atoms with Crippen LogP contribution in [0, 0.1) is 6.92 Å². The number of rotatable bonds is 5. The predicted molar refractivity (Wildman–Crippen MR) is 126 cm³/mol. The summed E-state index contributed by atoms with van der Waals surface area (Å²) in [6, 6.07) is 16.5. The van der Waals surface area contributed by atoms with E-state index >= 15 is 0 Å². The SMILES string of the molecule is COc1ccc(-c2nc(CN3CCN(c4nnc(C)c5ccccc45)CC3)cs2)cc1. The number of anilines is 1. The van der Waals surface area contributed by atoms with Crippen molar-refractivity contribution in [1.29, 1.82) is 0 Å². The van der Waals surface area contributed by atoms with Crippen molar-refractivity contribution in [3.8, 4) is 16.3 Å². The van der Waals surface area contributed by atoms with Crippen molar-refractivity contribution in [3.63, 3.8) is 0 Å². The molecule has 0 aliphatic carbocycles. The van der Waals surface area contributed by atoms with Gasteiger partial charge in [-0.05, 0) is 31.2 Å². The molecule has 7 heteroatoms. The lowest BCUT2D eigenvalue weighted by molar-refractivity contribution is 0.247. The maximum absolute atomic E-state index is 5.24. The first-order valence-corrected chi connectivity index (χ1v) is 11.4. The minimum absolute atomic E-state index is 0.865. The van der Waals surface area contributed by atoms with Crippen molar-refractivity contribution in [2.75, 3.05) is 38.2 Å². The van der Waals surface area contributed by atoms with Gasteiger partial charge in [-0.2, -0.15) is 5.10 Å². The number of thiazole rings is 1. The number of fused-ring (bicyclic) bond motifs is 1. The molecule has 0 bridgehead atoms. The number of nitrogens with zero attached hydrogens (tertiary/aromatic N) is 5. The molecule has 158 valence electrons. The molecule has 0 amide bonds. The van der Waals surface area contributed by atoms with Crippen LogP contribution in [0.4, 0.5) is 5.82 Å². The van der Waals surface area contributed by atoms with Crippen LogP contribution >= 0.6 is 11.3 Å². The standard InChI is InChI=1S/C24H25N5OS/c1-17-21-5-3-4-6-22(21)23(27-26-17)29-13-11-28(12-14-29)15-19-16-31-24(25-19)18-7-9-20(30-2)10-8-18/h3-10,16H,11-15H2,1-2H3. The quantitative estimate of drug-likeness (QED) is 0.467. The van der Waals surface area contributed by atoms with Crippen LogP contribution < -0.4 is 9.64 Å². The summed E-state index contributed by atoms with van der Waals surface area (Å²) in [7, 11) is 1.68. The van der Waals surface area contributed by atoms with E-state index in [1.165, 1.54) is 10.8 Å². The molecule has 0 N–H and O–H groups in total. The zero-order valence-electron chi connectivity index (χ0n) is 17.8. The average Bonchev–Trinajstić information content (AvgIpc) is 3.29. The molecule has 2 aromatic heterocycles. The second-order valence-corrected chi connectivity index (χ2v) is 8.65. The van der Waals surface area contributed by atoms with E-state index in [1.54, 1.807) is 18.4 Å². The highest BCUT2D eigenvalue weighted by molar-refractivity contribution is 7.13. The number of piperazine rings is 1. The molecule has 5 rings (SSSR count). The van der Waals surface area contributed by atoms with Crippen molar-refractivity contribution in [2.24, 2.45) is 0 Å². The van der Waals surface area contributed by atoms with Gasteiger partial charge in [-0.25, -0.2) is 4.98 Å². The Labute approximate surface area is 186 Å². The molecule has 6 nitrogen and oxygen atoms in total. The van der Waals surface area contributed by atoms with Gasteiger partial charge in [0.1, 0.15) is 10.8 Å². The maximum atomic E-state index is 5.24. The summed E-state index contributed by atoms with van der Waals surface area (Å²) in [5.74, 6) is 1.86. The molecule has 1 aliphatic rings. The van der Waals surface area contributed by atoms with Gasteiger partial charge in [-0.1, -0.05) is 24.3 Å². The second-order valence-electron chi connectivity index (χ2n) is 7.79. The first kappa shape index (κ1) is 19.9. The number of ether oxygens (including phenoxy) is 1. The molecule has 4 aromatic rings. The first-order valence-electron chi connectivity index (χ1n) is 10.5. The summed E-state index contributed by atoms with van der Waals surface area (Å²) < 4.78 is 5.24. The molecule has 3 heterocycles. The molecule has 1 aliphatic heterocycles. The summed E-state index contributed by atoms with van der Waals surface area (Å²) in [4.78, 5) is 9.68. The third kappa shape index (κ3) is 4.11. The van der Waals surface area contributed by atoms with Crippen LogP contribution in [0.3, 0.4) is 0 Å². The van der Waals surface area contributed by atoms with Gasteiger partial charge in [0.05, 0.1) is 18.5 Å². The molecular weight excluding hydrogens is 406 g/mol. The number of benzene rings is 2. The lowest BCUT2D eigenvalue weighted by Gasteiger charge is -2.35. The number of aromatic nitrogens is 3. The Morgan fingerprint density at radius 1 is 0.935 bits per heavy atom. The topological polar surface area (TPSA) is 54.4 Å². The van der Waals surface area contributed by atoms with Crippen LogP contribution in [-0.2, 0) is 6.54 Å². The van der Waals surface area contributed by atoms with Gasteiger partial charge in [0.25, 0.3) is 0 Å². The number of methoxy groups -OCH3 is 1. The molecule has 2 aromatic carbocycles. The van der Waals surface area contributed by atoms with Crippen LogP contribution in [0.5, 0.6) is 5.75 Å². The molecule has 31 heavy (non-hydrogen) atoms. The summed E-state index contributed by atoms with van der Waals surface area (Å²) >= 11 is 1.70. The second kappa shape index (κ2) is 8.61. The Morgan fingerprint density at radius 2 is 1.68 bits per heavy atom. The van der Waals surface area contributed by atoms with Crippen molar-refractivity contribution in [1.82, 2.24) is 20.1 Å². The van der Waals surface area contributed by atoms with Crippen LogP contribution in [0.15, 0.2) is 53.9 Å². The zero-order chi connectivity index (χ0) is 21.2. The number of hydrogen-bond donors (Lipinski definition) is 0. The van der Waals surface area contributed by atoms with Crippen molar-refractivity contribution in [3.05, 3.63) is 65.3 Å². The molecule has 1 fully saturated rings. The predicted octanol–water partition coefficient (Wildman–Crippen LogP) is 4.39. The Balaban J connectivity index is 1.24. The average molecular weight is 432 g/mol. The molecule has 0 atom stereocenters. The van der Waals surface area contributed by atoms with Gasteiger partial charge >= 0.3 is 0 Å². The monoisotopic (exact) mass is 431 g/mol. The first-order chi connectivity index (χ1) is 15.2. The Bertz CT molecular complexity index is 1180. The highest BCUT2D eigenvalue weighted by Gasteiger charge is 2.21. The van der Waals surface area contributed by atoms with Crippen LogP contribution in [0.1, 0.15) is 11.4 Å². The fourth-order valence-corrected chi connectivity index (χ4v) is 4.87. The van der Waals surface area contributed by atoms with Gasteiger partial charge in [0, 0.05) is 54.4 Å². The van der Waals surface area contributed by atoms with E-state index in [9.17, 15) is 0 Å². The van der Waals surface area contributed by atoms with Crippen LogP contribution in [0.2, 0.25) is 0 Å². The van der Waals surface area contributed by atoms with E-state index in [0.717, 1.165) is 66.3 Å². The van der Waals surface area contributed by atoms with Crippen molar-refractivity contribution < 1.29 is 4.74 Å². The van der Waals surface area contributed by atoms with E-state index < -0.39 is 0 Å². The lowest BCUT2D eigenvalue weighted by atomic mass is 10.1. The molecule has 0 unspecified atom stereocenters. The Hall–Kier alpha value is -3.03. The van der Waals surface area contributed by atoms with Crippen molar-refractivity contribution in [2.45, 2.75) is 13.5 Å². The highest BCUT2D eigenvalue weighted by atomic mass is 32.1. The van der Waals surface area contributed by atoms with Gasteiger partial charge in [0.15, 0.2) is 5.82 Å². The number of hydrogen-bond acceptors (Lipinski definition) is 7.